The minimum Gasteiger partial charge on any atom is -0.497 e. The molecule has 2 fully saturated rings. The van der Waals surface area contributed by atoms with Gasteiger partial charge in [-0.05, 0) is 56.5 Å². The molecule has 0 bridgehead atoms. The highest BCUT2D eigenvalue weighted by atomic mass is 16.5. The summed E-state index contributed by atoms with van der Waals surface area (Å²) in [5.41, 5.74) is 0.343. The smallest absolute Gasteiger partial charge is 0.119 e. The van der Waals surface area contributed by atoms with Gasteiger partial charge in [-0.25, -0.2) is 0 Å². The number of hydrogen-bond acceptors (Lipinski definition) is 3. The van der Waals surface area contributed by atoms with Crippen LogP contribution in [0.5, 0.6) is 5.75 Å². The molecule has 0 aromatic heterocycles. The Morgan fingerprint density at radius 2 is 1.91 bits per heavy atom. The molecule has 3 nitrogen and oxygen atoms in total. The lowest BCUT2D eigenvalue weighted by molar-refractivity contribution is -0.0655. The van der Waals surface area contributed by atoms with Gasteiger partial charge in [0, 0.05) is 12.5 Å². The summed E-state index contributed by atoms with van der Waals surface area (Å²) < 4.78 is 5.37. The van der Waals surface area contributed by atoms with Gasteiger partial charge in [-0.1, -0.05) is 37.8 Å². The summed E-state index contributed by atoms with van der Waals surface area (Å²) in [4.78, 5) is 2.59. The molecule has 3 rings (SSSR count). The maximum absolute atomic E-state index is 11.5. The van der Waals surface area contributed by atoms with Crippen LogP contribution in [0.3, 0.4) is 0 Å². The topological polar surface area (TPSA) is 32.7 Å². The SMILES string of the molecule is COc1cccc(C2(O)CCCCC2CN2CCCCCC2)c1. The quantitative estimate of drug-likeness (QED) is 0.912. The van der Waals surface area contributed by atoms with Gasteiger partial charge in [0.25, 0.3) is 0 Å². The highest BCUT2D eigenvalue weighted by molar-refractivity contribution is 5.33. The molecular formula is C20H31NO2. The highest BCUT2D eigenvalue weighted by Gasteiger charge is 2.41. The van der Waals surface area contributed by atoms with Gasteiger partial charge in [-0.2, -0.15) is 0 Å². The maximum atomic E-state index is 11.5. The third kappa shape index (κ3) is 3.89. The summed E-state index contributed by atoms with van der Waals surface area (Å²) in [7, 11) is 1.69. The summed E-state index contributed by atoms with van der Waals surface area (Å²) >= 11 is 0. The molecule has 0 amide bonds. The van der Waals surface area contributed by atoms with Crippen LogP contribution in [-0.4, -0.2) is 36.8 Å². The Morgan fingerprint density at radius 1 is 1.13 bits per heavy atom. The average molecular weight is 317 g/mol. The Balaban J connectivity index is 1.78. The summed E-state index contributed by atoms with van der Waals surface area (Å²) in [5, 5.41) is 11.5. The predicted molar refractivity (Wildman–Crippen MR) is 93.8 cm³/mol. The van der Waals surface area contributed by atoms with Gasteiger partial charge in [0.15, 0.2) is 0 Å². The number of benzene rings is 1. The number of ether oxygens (including phenoxy) is 1. The first-order valence-corrected chi connectivity index (χ1v) is 9.31. The van der Waals surface area contributed by atoms with Crippen LogP contribution < -0.4 is 4.74 Å². The van der Waals surface area contributed by atoms with E-state index in [0.29, 0.717) is 5.92 Å². The molecule has 3 heteroatoms. The molecule has 1 aromatic carbocycles. The van der Waals surface area contributed by atoms with E-state index in [2.05, 4.69) is 11.0 Å². The van der Waals surface area contributed by atoms with Crippen LogP contribution in [0.25, 0.3) is 0 Å². The van der Waals surface area contributed by atoms with Crippen molar-refractivity contribution >= 4 is 0 Å². The van der Waals surface area contributed by atoms with Gasteiger partial charge in [-0.15, -0.1) is 0 Å². The fraction of sp³-hybridized carbons (Fsp3) is 0.700. The summed E-state index contributed by atoms with van der Waals surface area (Å²) in [5.74, 6) is 1.18. The zero-order valence-corrected chi connectivity index (χ0v) is 14.5. The zero-order chi connectivity index (χ0) is 16.1. The van der Waals surface area contributed by atoms with Crippen molar-refractivity contribution < 1.29 is 9.84 Å². The van der Waals surface area contributed by atoms with E-state index in [4.69, 9.17) is 4.74 Å². The number of rotatable bonds is 4. The average Bonchev–Trinajstić information content (AvgIpc) is 2.86. The molecule has 1 saturated heterocycles. The normalized spacial score (nSPS) is 29.9. The Labute approximate surface area is 140 Å². The molecule has 2 aliphatic rings. The fourth-order valence-electron chi connectivity index (χ4n) is 4.37. The number of methoxy groups -OCH3 is 1. The summed E-state index contributed by atoms with van der Waals surface area (Å²) in [6, 6.07) is 8.06. The van der Waals surface area contributed by atoms with Gasteiger partial charge in [0.05, 0.1) is 12.7 Å². The van der Waals surface area contributed by atoms with Crippen molar-refractivity contribution in [3.8, 4) is 5.75 Å². The van der Waals surface area contributed by atoms with Crippen LogP contribution in [0.15, 0.2) is 24.3 Å². The number of nitrogens with zero attached hydrogens (tertiary/aromatic N) is 1. The number of aliphatic hydroxyl groups is 1. The van der Waals surface area contributed by atoms with E-state index in [-0.39, 0.29) is 0 Å². The van der Waals surface area contributed by atoms with E-state index in [1.807, 2.05) is 18.2 Å². The van der Waals surface area contributed by atoms with E-state index in [1.165, 1.54) is 45.2 Å². The van der Waals surface area contributed by atoms with Gasteiger partial charge < -0.3 is 14.7 Å². The fourth-order valence-corrected chi connectivity index (χ4v) is 4.37. The van der Waals surface area contributed by atoms with Crippen molar-refractivity contribution in [2.75, 3.05) is 26.7 Å². The molecule has 1 aliphatic heterocycles. The molecule has 1 saturated carbocycles. The molecule has 0 spiro atoms. The van der Waals surface area contributed by atoms with Crippen molar-refractivity contribution in [3.63, 3.8) is 0 Å². The van der Waals surface area contributed by atoms with E-state index < -0.39 is 5.60 Å². The monoisotopic (exact) mass is 317 g/mol. The van der Waals surface area contributed by atoms with Crippen LogP contribution in [-0.2, 0) is 5.60 Å². The maximum Gasteiger partial charge on any atom is 0.119 e. The Bertz CT molecular complexity index is 496. The molecule has 128 valence electrons. The molecule has 23 heavy (non-hydrogen) atoms. The van der Waals surface area contributed by atoms with Crippen molar-refractivity contribution in [1.82, 2.24) is 4.90 Å². The zero-order valence-electron chi connectivity index (χ0n) is 14.5. The van der Waals surface area contributed by atoms with E-state index >= 15 is 0 Å². The lowest BCUT2D eigenvalue weighted by atomic mass is 9.71. The van der Waals surface area contributed by atoms with Crippen molar-refractivity contribution in [3.05, 3.63) is 29.8 Å². The predicted octanol–water partition coefficient (Wildman–Crippen LogP) is 3.95. The molecular weight excluding hydrogens is 286 g/mol. The molecule has 1 heterocycles. The molecule has 2 atom stereocenters. The minimum atomic E-state index is -0.695. The second-order valence-corrected chi connectivity index (χ2v) is 7.31. The van der Waals surface area contributed by atoms with Crippen LogP contribution in [0.2, 0.25) is 0 Å². The third-order valence-electron chi connectivity index (χ3n) is 5.78. The highest BCUT2D eigenvalue weighted by Crippen LogP contribution is 2.43. The molecule has 0 radical (unpaired) electrons. The third-order valence-corrected chi connectivity index (χ3v) is 5.78. The Hall–Kier alpha value is -1.06. The van der Waals surface area contributed by atoms with Gasteiger partial charge in [0.2, 0.25) is 0 Å². The summed E-state index contributed by atoms with van der Waals surface area (Å²) in [6.45, 7) is 3.43. The molecule has 1 N–H and O–H groups in total. The Kier molecular flexibility index (Phi) is 5.60. The number of likely N-dealkylation sites (tertiary alicyclic amines) is 1. The first kappa shape index (κ1) is 16.8. The van der Waals surface area contributed by atoms with Crippen LogP contribution in [0.1, 0.15) is 56.9 Å². The van der Waals surface area contributed by atoms with Crippen molar-refractivity contribution in [2.24, 2.45) is 5.92 Å². The second kappa shape index (κ2) is 7.67. The lowest BCUT2D eigenvalue weighted by Gasteiger charge is -2.42. The van der Waals surface area contributed by atoms with E-state index in [1.54, 1.807) is 7.11 Å². The first-order chi connectivity index (χ1) is 11.2. The van der Waals surface area contributed by atoms with Crippen LogP contribution >= 0.6 is 0 Å². The van der Waals surface area contributed by atoms with Gasteiger partial charge in [-0.3, -0.25) is 0 Å². The molecule has 2 unspecified atom stereocenters. The van der Waals surface area contributed by atoms with Crippen molar-refractivity contribution in [1.29, 1.82) is 0 Å². The molecule has 1 aromatic rings. The van der Waals surface area contributed by atoms with Crippen molar-refractivity contribution in [2.45, 2.75) is 57.0 Å². The van der Waals surface area contributed by atoms with Crippen LogP contribution in [0, 0.1) is 5.92 Å². The van der Waals surface area contributed by atoms with Gasteiger partial charge >= 0.3 is 0 Å². The molecule has 1 aliphatic carbocycles. The standard InChI is InChI=1S/C20H31NO2/c1-23-19-11-8-10-17(15-19)20(22)12-5-4-9-18(20)16-21-13-6-2-3-7-14-21/h8,10-11,15,18,22H,2-7,9,12-14,16H2,1H3. The summed E-state index contributed by atoms with van der Waals surface area (Å²) in [6.07, 6.45) is 9.70. The second-order valence-electron chi connectivity index (χ2n) is 7.31. The minimum absolute atomic E-state index is 0.335. The first-order valence-electron chi connectivity index (χ1n) is 9.31. The Morgan fingerprint density at radius 3 is 2.65 bits per heavy atom. The van der Waals surface area contributed by atoms with E-state index in [0.717, 1.165) is 37.1 Å². The largest absolute Gasteiger partial charge is 0.497 e. The lowest BCUT2D eigenvalue weighted by Crippen LogP contribution is -2.44. The number of hydrogen-bond donors (Lipinski definition) is 1. The van der Waals surface area contributed by atoms with E-state index in [9.17, 15) is 5.11 Å². The van der Waals surface area contributed by atoms with Crippen LogP contribution in [0.4, 0.5) is 0 Å². The van der Waals surface area contributed by atoms with Gasteiger partial charge in [0.1, 0.15) is 5.75 Å².